The normalized spacial score (nSPS) is 17.3. The summed E-state index contributed by atoms with van der Waals surface area (Å²) in [5.41, 5.74) is 5.87. The van der Waals surface area contributed by atoms with E-state index >= 15 is 0 Å². The molecule has 1 aromatic rings. The molecule has 0 amide bonds. The molecule has 1 aromatic carbocycles. The first-order chi connectivity index (χ1) is 11.8. The van der Waals surface area contributed by atoms with E-state index in [4.69, 9.17) is 5.73 Å². The minimum atomic E-state index is -4.78. The highest BCUT2D eigenvalue weighted by atomic mass is 127. The molecule has 9 heteroatoms. The van der Waals surface area contributed by atoms with Crippen LogP contribution in [0.2, 0.25) is 0 Å². The van der Waals surface area contributed by atoms with Crippen molar-refractivity contribution >= 4 is 35.6 Å². The summed E-state index contributed by atoms with van der Waals surface area (Å²) in [4.78, 5) is 4.31. The minimum Gasteiger partial charge on any atom is -0.404 e. The van der Waals surface area contributed by atoms with Crippen molar-refractivity contribution in [2.45, 2.75) is 44.9 Å². The smallest absolute Gasteiger partial charge is 0.404 e. The highest BCUT2D eigenvalue weighted by Crippen LogP contribution is 2.39. The maximum atomic E-state index is 12.4. The lowest BCUT2D eigenvalue weighted by Gasteiger charge is -2.35. The number of aliphatic hydroxyl groups is 1. The fourth-order valence-corrected chi connectivity index (χ4v) is 3.24. The predicted octanol–water partition coefficient (Wildman–Crippen LogP) is 4.26. The van der Waals surface area contributed by atoms with Crippen LogP contribution in [0.4, 0.5) is 18.9 Å². The molecule has 1 aliphatic carbocycles. The lowest BCUT2D eigenvalue weighted by Crippen LogP contribution is -2.31. The van der Waals surface area contributed by atoms with Crippen molar-refractivity contribution in [1.82, 2.24) is 0 Å². The van der Waals surface area contributed by atoms with Crippen LogP contribution in [-0.2, 0) is 0 Å². The minimum absolute atomic E-state index is 0. The summed E-state index contributed by atoms with van der Waals surface area (Å²) in [7, 11) is 0. The van der Waals surface area contributed by atoms with E-state index in [2.05, 4.69) is 15.0 Å². The molecule has 5 nitrogen and oxygen atoms in total. The fraction of sp³-hybridized carbons (Fsp3) is 0.588. The second-order valence-electron chi connectivity index (χ2n) is 6.40. The number of halogens is 4. The van der Waals surface area contributed by atoms with E-state index in [1.807, 2.05) is 0 Å². The van der Waals surface area contributed by atoms with Gasteiger partial charge in [-0.05, 0) is 36.8 Å². The number of aliphatic imine (C=N–C) groups is 1. The van der Waals surface area contributed by atoms with Crippen molar-refractivity contribution in [3.05, 3.63) is 24.3 Å². The van der Waals surface area contributed by atoms with Crippen LogP contribution in [0.1, 0.15) is 38.5 Å². The van der Waals surface area contributed by atoms with E-state index in [-0.39, 0.29) is 53.4 Å². The molecule has 1 fully saturated rings. The van der Waals surface area contributed by atoms with Crippen molar-refractivity contribution in [3.8, 4) is 5.75 Å². The number of rotatable bonds is 6. The average molecular weight is 487 g/mol. The summed E-state index contributed by atoms with van der Waals surface area (Å²) in [6.07, 6.45) is 1.16. The van der Waals surface area contributed by atoms with Gasteiger partial charge in [0.1, 0.15) is 0 Å². The van der Waals surface area contributed by atoms with Crippen LogP contribution >= 0.6 is 24.0 Å². The number of hydrogen-bond acceptors (Lipinski definition) is 3. The first-order valence-electron chi connectivity index (χ1n) is 8.36. The molecule has 0 atom stereocenters. The zero-order chi connectivity index (χ0) is 18.3. The van der Waals surface area contributed by atoms with E-state index in [1.54, 1.807) is 6.07 Å². The number of ether oxygens (including phenoxy) is 1. The molecule has 0 saturated heterocycles. The van der Waals surface area contributed by atoms with Crippen molar-refractivity contribution in [2.24, 2.45) is 16.1 Å². The summed E-state index contributed by atoms with van der Waals surface area (Å²) >= 11 is 0. The van der Waals surface area contributed by atoms with Gasteiger partial charge in [-0.2, -0.15) is 0 Å². The summed E-state index contributed by atoms with van der Waals surface area (Å²) in [6.45, 7) is 0.528. The Balaban J connectivity index is 0.00000338. The van der Waals surface area contributed by atoms with Crippen molar-refractivity contribution in [3.63, 3.8) is 0 Å². The van der Waals surface area contributed by atoms with Gasteiger partial charge >= 0.3 is 6.36 Å². The number of nitrogens with zero attached hydrogens (tertiary/aromatic N) is 1. The van der Waals surface area contributed by atoms with Crippen LogP contribution in [-0.4, -0.2) is 30.6 Å². The van der Waals surface area contributed by atoms with Crippen LogP contribution in [0.5, 0.6) is 5.75 Å². The zero-order valence-electron chi connectivity index (χ0n) is 14.4. The molecule has 1 aliphatic rings. The second-order valence-corrected chi connectivity index (χ2v) is 6.40. The fourth-order valence-electron chi connectivity index (χ4n) is 3.24. The van der Waals surface area contributed by atoms with Gasteiger partial charge in [-0.1, -0.05) is 31.4 Å². The zero-order valence-corrected chi connectivity index (χ0v) is 16.7. The Morgan fingerprint density at radius 3 is 2.50 bits per heavy atom. The standard InChI is InChI=1S/C17H24F3N3O2.HI/c18-17(19,20)25-14-7-3-2-6-13(14)23-15(21)22-12-16(10-11-24)8-4-1-5-9-16;/h2-3,6-7,24H,1,4-5,8-12H2,(H3,21,22,23);1H. The Morgan fingerprint density at radius 1 is 1.23 bits per heavy atom. The van der Waals surface area contributed by atoms with Gasteiger partial charge in [0.25, 0.3) is 0 Å². The van der Waals surface area contributed by atoms with E-state index < -0.39 is 6.36 Å². The van der Waals surface area contributed by atoms with Crippen LogP contribution in [0.25, 0.3) is 0 Å². The molecule has 2 rings (SSSR count). The summed E-state index contributed by atoms with van der Waals surface area (Å²) in [5.74, 6) is -0.336. The first kappa shape index (κ1) is 22.8. The highest BCUT2D eigenvalue weighted by molar-refractivity contribution is 14.0. The molecule has 148 valence electrons. The van der Waals surface area contributed by atoms with Gasteiger partial charge in [0.15, 0.2) is 11.7 Å². The number of benzene rings is 1. The molecule has 0 spiro atoms. The molecule has 0 aromatic heterocycles. The Kier molecular flexibility index (Phi) is 8.94. The third-order valence-electron chi connectivity index (χ3n) is 4.52. The molecule has 1 saturated carbocycles. The Labute approximate surface area is 168 Å². The van der Waals surface area contributed by atoms with E-state index in [1.165, 1.54) is 24.6 Å². The van der Waals surface area contributed by atoms with Crippen molar-refractivity contribution < 1.29 is 23.0 Å². The summed E-state index contributed by atoms with van der Waals surface area (Å²) in [6, 6.07) is 5.66. The molecule has 26 heavy (non-hydrogen) atoms. The van der Waals surface area contributed by atoms with Gasteiger partial charge in [0.2, 0.25) is 0 Å². The molecule has 0 bridgehead atoms. The third-order valence-corrected chi connectivity index (χ3v) is 4.52. The van der Waals surface area contributed by atoms with E-state index in [0.717, 1.165) is 25.7 Å². The Bertz CT molecular complexity index is 585. The number of hydrogen-bond donors (Lipinski definition) is 3. The van der Waals surface area contributed by atoms with Crippen LogP contribution in [0.3, 0.4) is 0 Å². The lowest BCUT2D eigenvalue weighted by molar-refractivity contribution is -0.274. The summed E-state index contributed by atoms with van der Waals surface area (Å²) < 4.78 is 41.3. The van der Waals surface area contributed by atoms with Gasteiger partial charge in [0, 0.05) is 13.2 Å². The molecule has 4 N–H and O–H groups in total. The van der Waals surface area contributed by atoms with Gasteiger partial charge in [-0.3, -0.25) is 4.99 Å². The van der Waals surface area contributed by atoms with Crippen molar-refractivity contribution in [2.75, 3.05) is 18.5 Å². The van der Waals surface area contributed by atoms with E-state index in [0.29, 0.717) is 13.0 Å². The van der Waals surface area contributed by atoms with Gasteiger partial charge in [-0.25, -0.2) is 0 Å². The maximum Gasteiger partial charge on any atom is 0.573 e. The number of guanidine groups is 1. The number of nitrogens with one attached hydrogen (secondary N) is 1. The van der Waals surface area contributed by atoms with Crippen LogP contribution in [0.15, 0.2) is 29.3 Å². The van der Waals surface area contributed by atoms with E-state index in [9.17, 15) is 18.3 Å². The number of nitrogens with two attached hydrogens (primary N) is 1. The monoisotopic (exact) mass is 487 g/mol. The molecule has 0 heterocycles. The summed E-state index contributed by atoms with van der Waals surface area (Å²) in [5, 5.41) is 12.0. The van der Waals surface area contributed by atoms with Crippen LogP contribution in [0, 0.1) is 5.41 Å². The Morgan fingerprint density at radius 2 is 1.88 bits per heavy atom. The second kappa shape index (κ2) is 10.2. The highest BCUT2D eigenvalue weighted by Gasteiger charge is 2.33. The molecule has 0 aliphatic heterocycles. The average Bonchev–Trinajstić information content (AvgIpc) is 2.55. The first-order valence-corrected chi connectivity index (χ1v) is 8.36. The van der Waals surface area contributed by atoms with Crippen molar-refractivity contribution in [1.29, 1.82) is 0 Å². The maximum absolute atomic E-state index is 12.4. The topological polar surface area (TPSA) is 79.9 Å². The Hall–Kier alpha value is -1.23. The molecule has 0 radical (unpaired) electrons. The lowest BCUT2D eigenvalue weighted by atomic mass is 9.72. The number of para-hydroxylation sites is 2. The molecular formula is C17H25F3IN3O2. The van der Waals surface area contributed by atoms with Gasteiger partial charge in [0.05, 0.1) is 5.69 Å². The van der Waals surface area contributed by atoms with Crippen LogP contribution < -0.4 is 15.8 Å². The quantitative estimate of drug-likeness (QED) is 0.318. The third kappa shape index (κ3) is 7.18. The SMILES string of the molecule is I.NC(=NCC1(CCO)CCCCC1)Nc1ccccc1OC(F)(F)F. The number of alkyl halides is 3. The predicted molar refractivity (Wildman–Crippen MR) is 106 cm³/mol. The number of aliphatic hydroxyl groups excluding tert-OH is 1. The number of anilines is 1. The van der Waals surface area contributed by atoms with Gasteiger partial charge < -0.3 is 20.9 Å². The molecule has 0 unspecified atom stereocenters. The largest absolute Gasteiger partial charge is 0.573 e. The molecular weight excluding hydrogens is 462 g/mol. The van der Waals surface area contributed by atoms with Gasteiger partial charge in [-0.15, -0.1) is 37.1 Å².